The van der Waals surface area contributed by atoms with Gasteiger partial charge in [-0.2, -0.15) is 0 Å². The second-order valence-electron chi connectivity index (χ2n) is 2.09. The summed E-state index contributed by atoms with van der Waals surface area (Å²) in [5, 5.41) is 0. The summed E-state index contributed by atoms with van der Waals surface area (Å²) < 4.78 is 1.02. The number of nitrogens with two attached hydrogens (primary N) is 1. The first-order valence-corrected chi connectivity index (χ1v) is 3.86. The van der Waals surface area contributed by atoms with Crippen LogP contribution in [-0.4, -0.2) is 0 Å². The monoisotopic (exact) mass is 198 g/mol. The zero-order valence-corrected chi connectivity index (χ0v) is 7.19. The molecule has 0 fully saturated rings. The molecule has 1 nitrogen and oxygen atoms in total. The molecule has 0 aliphatic carbocycles. The lowest BCUT2D eigenvalue weighted by Gasteiger charge is -2.01. The molecule has 2 N–H and O–H groups in total. The molecular formula is C8H9BrN. The Kier molecular flexibility index (Phi) is 2.33. The molecule has 10 heavy (non-hydrogen) atoms. The first-order valence-electron chi connectivity index (χ1n) is 3.07. The maximum Gasteiger partial charge on any atom is 0.0357 e. The standard InChI is InChI=1S/C8H9BrN/c1-2-6-3-4-7(9)5-8(6)10/h3-5H,1-2,10H2. The molecule has 53 valence electrons. The highest BCUT2D eigenvalue weighted by molar-refractivity contribution is 9.10. The fraction of sp³-hybridized carbons (Fsp3) is 0.125. The van der Waals surface area contributed by atoms with Crippen molar-refractivity contribution in [1.29, 1.82) is 0 Å². The van der Waals surface area contributed by atoms with Crippen LogP contribution < -0.4 is 5.73 Å². The molecular weight excluding hydrogens is 190 g/mol. The summed E-state index contributed by atoms with van der Waals surface area (Å²) in [6.45, 7) is 3.75. The Balaban J connectivity index is 3.07. The summed E-state index contributed by atoms with van der Waals surface area (Å²) in [7, 11) is 0. The first-order chi connectivity index (χ1) is 4.74. The summed E-state index contributed by atoms with van der Waals surface area (Å²) in [6.07, 6.45) is 0.749. The lowest BCUT2D eigenvalue weighted by atomic mass is 10.1. The van der Waals surface area contributed by atoms with Crippen molar-refractivity contribution in [1.82, 2.24) is 0 Å². The minimum atomic E-state index is 0.749. The van der Waals surface area contributed by atoms with E-state index in [-0.39, 0.29) is 0 Å². The van der Waals surface area contributed by atoms with E-state index in [1.165, 1.54) is 0 Å². The van der Waals surface area contributed by atoms with Gasteiger partial charge in [-0.15, -0.1) is 0 Å². The van der Waals surface area contributed by atoms with Gasteiger partial charge < -0.3 is 5.73 Å². The van der Waals surface area contributed by atoms with E-state index in [9.17, 15) is 0 Å². The van der Waals surface area contributed by atoms with Gasteiger partial charge in [0, 0.05) is 10.2 Å². The van der Waals surface area contributed by atoms with E-state index in [4.69, 9.17) is 5.73 Å². The Morgan fingerprint density at radius 1 is 1.50 bits per heavy atom. The maximum absolute atomic E-state index is 5.66. The third kappa shape index (κ3) is 1.51. The van der Waals surface area contributed by atoms with E-state index in [0.717, 1.165) is 22.1 Å². The van der Waals surface area contributed by atoms with Crippen molar-refractivity contribution in [2.24, 2.45) is 0 Å². The van der Waals surface area contributed by atoms with Gasteiger partial charge in [-0.3, -0.25) is 0 Å². The van der Waals surface area contributed by atoms with Crippen LogP contribution in [0.25, 0.3) is 0 Å². The van der Waals surface area contributed by atoms with Gasteiger partial charge in [-0.05, 0) is 31.0 Å². The SMILES string of the molecule is [CH2]Cc1ccc(Br)cc1N. The summed E-state index contributed by atoms with van der Waals surface area (Å²) in [6, 6.07) is 5.84. The van der Waals surface area contributed by atoms with E-state index >= 15 is 0 Å². The zero-order valence-electron chi connectivity index (χ0n) is 5.60. The van der Waals surface area contributed by atoms with Crippen molar-refractivity contribution < 1.29 is 0 Å². The Morgan fingerprint density at radius 3 is 2.70 bits per heavy atom. The van der Waals surface area contributed by atoms with Crippen molar-refractivity contribution in [2.45, 2.75) is 6.42 Å². The van der Waals surface area contributed by atoms with Crippen molar-refractivity contribution >= 4 is 21.6 Å². The molecule has 0 atom stereocenters. The van der Waals surface area contributed by atoms with Crippen LogP contribution >= 0.6 is 15.9 Å². The number of nitrogen functional groups attached to an aromatic ring is 1. The summed E-state index contributed by atoms with van der Waals surface area (Å²) >= 11 is 3.33. The number of halogens is 1. The van der Waals surface area contributed by atoms with Crippen LogP contribution in [-0.2, 0) is 6.42 Å². The van der Waals surface area contributed by atoms with Crippen LogP contribution in [0, 0.1) is 6.92 Å². The average Bonchev–Trinajstić information content (AvgIpc) is 1.88. The molecule has 0 saturated heterocycles. The third-order valence-electron chi connectivity index (χ3n) is 1.38. The molecule has 0 unspecified atom stereocenters. The lowest BCUT2D eigenvalue weighted by Crippen LogP contribution is -1.91. The highest BCUT2D eigenvalue weighted by Gasteiger charge is 1.95. The fourth-order valence-corrected chi connectivity index (χ4v) is 1.17. The fourth-order valence-electron chi connectivity index (χ4n) is 0.793. The smallest absolute Gasteiger partial charge is 0.0357 e. The van der Waals surface area contributed by atoms with E-state index in [0.29, 0.717) is 0 Å². The van der Waals surface area contributed by atoms with Gasteiger partial charge in [0.05, 0.1) is 0 Å². The second-order valence-corrected chi connectivity index (χ2v) is 3.01. The number of hydrogen-bond acceptors (Lipinski definition) is 1. The summed E-state index contributed by atoms with van der Waals surface area (Å²) in [5.41, 5.74) is 7.57. The Bertz CT molecular complexity index is 233. The lowest BCUT2D eigenvalue weighted by molar-refractivity contribution is 1.27. The van der Waals surface area contributed by atoms with Crippen LogP contribution in [0.15, 0.2) is 22.7 Å². The minimum Gasteiger partial charge on any atom is -0.398 e. The summed E-state index contributed by atoms with van der Waals surface area (Å²) in [4.78, 5) is 0. The Morgan fingerprint density at radius 2 is 2.20 bits per heavy atom. The first kappa shape index (κ1) is 7.61. The van der Waals surface area contributed by atoms with E-state index in [1.807, 2.05) is 18.2 Å². The van der Waals surface area contributed by atoms with Crippen LogP contribution in [0.3, 0.4) is 0 Å². The highest BCUT2D eigenvalue weighted by Crippen LogP contribution is 2.18. The minimum absolute atomic E-state index is 0.749. The van der Waals surface area contributed by atoms with E-state index in [2.05, 4.69) is 22.9 Å². The molecule has 0 amide bonds. The van der Waals surface area contributed by atoms with E-state index in [1.54, 1.807) is 0 Å². The van der Waals surface area contributed by atoms with Gasteiger partial charge in [0.25, 0.3) is 0 Å². The molecule has 0 saturated carbocycles. The molecule has 1 radical (unpaired) electrons. The molecule has 1 aromatic rings. The molecule has 0 aromatic heterocycles. The van der Waals surface area contributed by atoms with Crippen LogP contribution in [0.1, 0.15) is 5.56 Å². The number of anilines is 1. The van der Waals surface area contributed by atoms with Crippen molar-refractivity contribution in [2.75, 3.05) is 5.73 Å². The van der Waals surface area contributed by atoms with Gasteiger partial charge in [0.2, 0.25) is 0 Å². The molecule has 1 rings (SSSR count). The molecule has 0 heterocycles. The van der Waals surface area contributed by atoms with Gasteiger partial charge in [-0.1, -0.05) is 22.0 Å². The van der Waals surface area contributed by atoms with Crippen molar-refractivity contribution in [3.8, 4) is 0 Å². The Labute approximate surface area is 69.4 Å². The van der Waals surface area contributed by atoms with Gasteiger partial charge >= 0.3 is 0 Å². The Hall–Kier alpha value is -0.500. The van der Waals surface area contributed by atoms with Gasteiger partial charge in [-0.25, -0.2) is 0 Å². The van der Waals surface area contributed by atoms with Crippen molar-refractivity contribution in [3.63, 3.8) is 0 Å². The summed E-state index contributed by atoms with van der Waals surface area (Å²) in [5.74, 6) is 0. The molecule has 2 heteroatoms. The normalized spacial score (nSPS) is 9.80. The average molecular weight is 199 g/mol. The van der Waals surface area contributed by atoms with E-state index < -0.39 is 0 Å². The number of hydrogen-bond donors (Lipinski definition) is 1. The van der Waals surface area contributed by atoms with Gasteiger partial charge in [0.15, 0.2) is 0 Å². The van der Waals surface area contributed by atoms with Crippen LogP contribution in [0.5, 0.6) is 0 Å². The molecule has 1 aromatic carbocycles. The quantitative estimate of drug-likeness (QED) is 0.690. The largest absolute Gasteiger partial charge is 0.398 e. The maximum atomic E-state index is 5.66. The number of benzene rings is 1. The van der Waals surface area contributed by atoms with Crippen LogP contribution in [0.4, 0.5) is 5.69 Å². The highest BCUT2D eigenvalue weighted by atomic mass is 79.9. The van der Waals surface area contributed by atoms with Gasteiger partial charge in [0.1, 0.15) is 0 Å². The predicted molar refractivity (Wildman–Crippen MR) is 47.6 cm³/mol. The molecule has 0 bridgehead atoms. The number of rotatable bonds is 1. The van der Waals surface area contributed by atoms with Crippen molar-refractivity contribution in [3.05, 3.63) is 35.2 Å². The molecule has 0 spiro atoms. The third-order valence-corrected chi connectivity index (χ3v) is 1.87. The topological polar surface area (TPSA) is 26.0 Å². The molecule has 0 aliphatic rings. The zero-order chi connectivity index (χ0) is 7.56. The molecule has 0 aliphatic heterocycles. The van der Waals surface area contributed by atoms with Crippen LogP contribution in [0.2, 0.25) is 0 Å². The predicted octanol–water partition coefficient (Wildman–Crippen LogP) is 2.41. The second kappa shape index (κ2) is 3.06.